The molecule has 5 heteroatoms. The lowest BCUT2D eigenvalue weighted by molar-refractivity contribution is -0.117. The van der Waals surface area contributed by atoms with E-state index in [-0.39, 0.29) is 11.8 Å². The zero-order valence-corrected chi connectivity index (χ0v) is 15.5. The van der Waals surface area contributed by atoms with Gasteiger partial charge in [0, 0.05) is 36.6 Å². The number of carbonyl (C=O) groups excluding carboxylic acids is 1. The lowest BCUT2D eigenvalue weighted by Gasteiger charge is -2.11. The minimum absolute atomic E-state index is 0.0564. The normalized spacial score (nSPS) is 13.3. The molecule has 1 saturated carbocycles. The van der Waals surface area contributed by atoms with E-state index in [0.717, 1.165) is 35.3 Å². The van der Waals surface area contributed by atoms with Gasteiger partial charge in [0.1, 0.15) is 5.82 Å². The van der Waals surface area contributed by atoms with Crippen LogP contribution in [0, 0.1) is 12.8 Å². The van der Waals surface area contributed by atoms with Crippen LogP contribution >= 0.6 is 0 Å². The van der Waals surface area contributed by atoms with Crippen LogP contribution in [0.4, 0.5) is 11.5 Å². The maximum Gasteiger partial charge on any atom is 0.228 e. The van der Waals surface area contributed by atoms with Gasteiger partial charge in [-0.15, -0.1) is 0 Å². The predicted molar refractivity (Wildman–Crippen MR) is 109 cm³/mol. The SMILES string of the molecule is CNc1ccc(C)c(-c2ccnc(-c3ccnc(NC(=O)C4CC4)c3)c2)c1. The number of nitrogens with zero attached hydrogens (tertiary/aromatic N) is 2. The van der Waals surface area contributed by atoms with Crippen LogP contribution in [0.2, 0.25) is 0 Å². The van der Waals surface area contributed by atoms with Crippen LogP contribution in [0.1, 0.15) is 18.4 Å². The maximum atomic E-state index is 12.0. The Labute approximate surface area is 158 Å². The molecule has 3 aromatic rings. The number of amides is 1. The van der Waals surface area contributed by atoms with Crippen molar-refractivity contribution in [2.24, 2.45) is 5.92 Å². The van der Waals surface area contributed by atoms with Crippen molar-refractivity contribution in [3.05, 3.63) is 60.4 Å². The molecule has 1 aliphatic rings. The molecule has 27 heavy (non-hydrogen) atoms. The van der Waals surface area contributed by atoms with Gasteiger partial charge in [-0.1, -0.05) is 6.07 Å². The quantitative estimate of drug-likeness (QED) is 0.704. The molecular weight excluding hydrogens is 336 g/mol. The van der Waals surface area contributed by atoms with E-state index in [4.69, 9.17) is 0 Å². The Hall–Kier alpha value is -3.21. The van der Waals surface area contributed by atoms with E-state index in [1.54, 1.807) is 6.20 Å². The van der Waals surface area contributed by atoms with Gasteiger partial charge in [0.2, 0.25) is 5.91 Å². The standard InChI is InChI=1S/C22H22N4O/c1-14-3-6-18(23-2)13-19(14)16-7-9-24-20(11-16)17-8-10-25-21(12-17)26-22(27)15-4-5-15/h3,6-13,15,23H,4-5H2,1-2H3,(H,25,26,27). The number of aromatic nitrogens is 2. The van der Waals surface area contributed by atoms with E-state index in [0.29, 0.717) is 5.82 Å². The van der Waals surface area contributed by atoms with Gasteiger partial charge >= 0.3 is 0 Å². The van der Waals surface area contributed by atoms with Crippen LogP contribution in [-0.2, 0) is 4.79 Å². The Morgan fingerprint density at radius 2 is 1.78 bits per heavy atom. The van der Waals surface area contributed by atoms with Crippen molar-refractivity contribution in [1.29, 1.82) is 0 Å². The third-order valence-corrected chi connectivity index (χ3v) is 4.85. The largest absolute Gasteiger partial charge is 0.388 e. The first-order chi connectivity index (χ1) is 13.1. The Balaban J connectivity index is 1.65. The fourth-order valence-electron chi connectivity index (χ4n) is 3.08. The average Bonchev–Trinajstić information content (AvgIpc) is 3.54. The molecule has 1 amide bonds. The van der Waals surface area contributed by atoms with Crippen LogP contribution in [0.25, 0.3) is 22.4 Å². The van der Waals surface area contributed by atoms with Crippen LogP contribution < -0.4 is 10.6 Å². The molecule has 1 fully saturated rings. The summed E-state index contributed by atoms with van der Waals surface area (Å²) >= 11 is 0. The maximum absolute atomic E-state index is 12.0. The highest BCUT2D eigenvalue weighted by atomic mass is 16.2. The number of hydrogen-bond donors (Lipinski definition) is 2. The molecule has 0 aliphatic heterocycles. The lowest BCUT2D eigenvalue weighted by atomic mass is 9.99. The second kappa shape index (κ2) is 7.19. The van der Waals surface area contributed by atoms with Crippen LogP contribution in [0.3, 0.4) is 0 Å². The van der Waals surface area contributed by atoms with E-state index in [9.17, 15) is 4.79 Å². The van der Waals surface area contributed by atoms with Crippen molar-refractivity contribution in [3.8, 4) is 22.4 Å². The summed E-state index contributed by atoms with van der Waals surface area (Å²) in [6.45, 7) is 2.10. The van der Waals surface area contributed by atoms with Gasteiger partial charge in [0.05, 0.1) is 5.69 Å². The Morgan fingerprint density at radius 1 is 1.00 bits per heavy atom. The van der Waals surface area contributed by atoms with E-state index in [1.165, 1.54) is 11.1 Å². The van der Waals surface area contributed by atoms with Crippen LogP contribution in [-0.4, -0.2) is 22.9 Å². The van der Waals surface area contributed by atoms with Gasteiger partial charge in [-0.05, 0) is 72.9 Å². The minimum Gasteiger partial charge on any atom is -0.388 e. The molecule has 136 valence electrons. The third-order valence-electron chi connectivity index (χ3n) is 4.85. The average molecular weight is 358 g/mol. The highest BCUT2D eigenvalue weighted by molar-refractivity contribution is 5.93. The number of nitrogens with one attached hydrogen (secondary N) is 2. The highest BCUT2D eigenvalue weighted by Gasteiger charge is 2.29. The molecule has 0 saturated heterocycles. The second-order valence-electron chi connectivity index (χ2n) is 6.90. The van der Waals surface area contributed by atoms with Gasteiger partial charge < -0.3 is 10.6 Å². The zero-order valence-electron chi connectivity index (χ0n) is 15.5. The van der Waals surface area contributed by atoms with Crippen molar-refractivity contribution in [2.45, 2.75) is 19.8 Å². The Morgan fingerprint density at radius 3 is 2.56 bits per heavy atom. The lowest BCUT2D eigenvalue weighted by Crippen LogP contribution is -2.14. The van der Waals surface area contributed by atoms with Crippen molar-refractivity contribution >= 4 is 17.4 Å². The molecular formula is C22H22N4O. The number of hydrogen-bond acceptors (Lipinski definition) is 4. The number of rotatable bonds is 5. The molecule has 2 N–H and O–H groups in total. The first-order valence-electron chi connectivity index (χ1n) is 9.16. The number of aryl methyl sites for hydroxylation is 1. The van der Waals surface area contributed by atoms with Crippen molar-refractivity contribution < 1.29 is 4.79 Å². The van der Waals surface area contributed by atoms with E-state index < -0.39 is 0 Å². The topological polar surface area (TPSA) is 66.9 Å². The van der Waals surface area contributed by atoms with Crippen LogP contribution in [0.5, 0.6) is 0 Å². The molecule has 2 heterocycles. The summed E-state index contributed by atoms with van der Waals surface area (Å²) in [5.41, 5.74) is 6.34. The summed E-state index contributed by atoms with van der Waals surface area (Å²) in [5.74, 6) is 0.783. The molecule has 0 spiro atoms. The number of carbonyl (C=O) groups is 1. The molecule has 4 rings (SSSR count). The highest BCUT2D eigenvalue weighted by Crippen LogP contribution is 2.31. The molecule has 2 aromatic heterocycles. The molecule has 0 unspecified atom stereocenters. The van der Waals surface area contributed by atoms with Gasteiger partial charge in [0.15, 0.2) is 0 Å². The monoisotopic (exact) mass is 358 g/mol. The molecule has 0 radical (unpaired) electrons. The fraction of sp³-hybridized carbons (Fsp3) is 0.227. The molecule has 5 nitrogen and oxygen atoms in total. The first kappa shape index (κ1) is 17.2. The summed E-state index contributed by atoms with van der Waals surface area (Å²) in [4.78, 5) is 20.8. The summed E-state index contributed by atoms with van der Waals surface area (Å²) in [6, 6.07) is 14.2. The number of benzene rings is 1. The minimum atomic E-state index is 0.0564. The summed E-state index contributed by atoms with van der Waals surface area (Å²) < 4.78 is 0. The molecule has 0 atom stereocenters. The Kier molecular flexibility index (Phi) is 4.59. The zero-order chi connectivity index (χ0) is 18.8. The van der Waals surface area contributed by atoms with Crippen molar-refractivity contribution in [1.82, 2.24) is 9.97 Å². The van der Waals surface area contributed by atoms with Gasteiger partial charge in [-0.25, -0.2) is 4.98 Å². The van der Waals surface area contributed by atoms with E-state index >= 15 is 0 Å². The van der Waals surface area contributed by atoms with Gasteiger partial charge in [-0.2, -0.15) is 0 Å². The summed E-state index contributed by atoms with van der Waals surface area (Å²) in [5, 5.41) is 6.08. The summed E-state index contributed by atoms with van der Waals surface area (Å²) in [7, 11) is 1.92. The van der Waals surface area contributed by atoms with E-state index in [2.05, 4.69) is 51.8 Å². The smallest absolute Gasteiger partial charge is 0.228 e. The molecule has 1 aromatic carbocycles. The van der Waals surface area contributed by atoms with Crippen molar-refractivity contribution in [2.75, 3.05) is 17.7 Å². The van der Waals surface area contributed by atoms with Gasteiger partial charge in [0.25, 0.3) is 0 Å². The summed E-state index contributed by atoms with van der Waals surface area (Å²) in [6.07, 6.45) is 5.47. The van der Waals surface area contributed by atoms with E-state index in [1.807, 2.05) is 31.4 Å². The molecule has 0 bridgehead atoms. The third kappa shape index (κ3) is 3.82. The number of anilines is 2. The Bertz CT molecular complexity index is 995. The first-order valence-corrected chi connectivity index (χ1v) is 9.16. The van der Waals surface area contributed by atoms with Gasteiger partial charge in [-0.3, -0.25) is 9.78 Å². The number of pyridine rings is 2. The van der Waals surface area contributed by atoms with Crippen molar-refractivity contribution in [3.63, 3.8) is 0 Å². The predicted octanol–water partition coefficient (Wildman–Crippen LogP) is 4.51. The fourth-order valence-corrected chi connectivity index (χ4v) is 3.08. The second-order valence-corrected chi connectivity index (χ2v) is 6.90. The molecule has 1 aliphatic carbocycles. The van der Waals surface area contributed by atoms with Crippen LogP contribution in [0.15, 0.2) is 54.9 Å².